The molecule has 5 rings (SSSR count). The second-order valence-electron chi connectivity index (χ2n) is 6.68. The van der Waals surface area contributed by atoms with Crippen LogP contribution in [0.5, 0.6) is 0 Å². The van der Waals surface area contributed by atoms with Crippen molar-refractivity contribution < 1.29 is 8.78 Å². The number of aromatic nitrogens is 5. The highest BCUT2D eigenvalue weighted by atomic mass is 19.1. The van der Waals surface area contributed by atoms with Gasteiger partial charge in [0.05, 0.1) is 22.2 Å². The minimum atomic E-state index is -0.578. The van der Waals surface area contributed by atoms with Gasteiger partial charge in [-0.25, -0.2) is 23.7 Å². The molecule has 138 valence electrons. The summed E-state index contributed by atoms with van der Waals surface area (Å²) in [6.45, 7) is 0. The second kappa shape index (κ2) is 6.30. The minimum absolute atomic E-state index is 0.0421. The van der Waals surface area contributed by atoms with Gasteiger partial charge < -0.3 is 4.57 Å². The molecule has 5 nitrogen and oxygen atoms in total. The van der Waals surface area contributed by atoms with E-state index < -0.39 is 11.6 Å². The summed E-state index contributed by atoms with van der Waals surface area (Å²) in [6.07, 6.45) is 4.38. The van der Waals surface area contributed by atoms with Crippen molar-refractivity contribution in [2.75, 3.05) is 0 Å². The Bertz CT molecular complexity index is 1360. The number of hydrogen-bond donors (Lipinski definition) is 0. The number of benzene rings is 2. The van der Waals surface area contributed by atoms with Gasteiger partial charge in [-0.2, -0.15) is 0 Å². The normalized spacial score (nSPS) is 11.7. The molecule has 7 heteroatoms. The van der Waals surface area contributed by atoms with E-state index in [4.69, 9.17) is 4.98 Å². The third-order valence-corrected chi connectivity index (χ3v) is 4.98. The lowest BCUT2D eigenvalue weighted by atomic mass is 10.2. The van der Waals surface area contributed by atoms with Gasteiger partial charge in [0.1, 0.15) is 16.9 Å². The molecule has 0 aliphatic carbocycles. The number of fused-ring (bicyclic) bond motifs is 4. The molecule has 3 heterocycles. The van der Waals surface area contributed by atoms with Crippen LogP contribution in [0.4, 0.5) is 8.78 Å². The van der Waals surface area contributed by atoms with Crippen molar-refractivity contribution in [3.05, 3.63) is 71.9 Å². The van der Waals surface area contributed by atoms with Crippen molar-refractivity contribution in [1.82, 2.24) is 24.5 Å². The van der Waals surface area contributed by atoms with Gasteiger partial charge in [-0.3, -0.25) is 4.98 Å². The molecule has 0 saturated carbocycles. The average molecular weight is 375 g/mol. The number of aryl methyl sites for hydroxylation is 3. The zero-order valence-electron chi connectivity index (χ0n) is 15.0. The maximum absolute atomic E-state index is 14.0. The Morgan fingerprint density at radius 3 is 2.54 bits per heavy atom. The molecule has 0 aliphatic rings. The molecule has 28 heavy (non-hydrogen) atoms. The van der Waals surface area contributed by atoms with Crippen molar-refractivity contribution in [3.63, 3.8) is 0 Å². The van der Waals surface area contributed by atoms with Crippen molar-refractivity contribution in [3.8, 4) is 0 Å². The predicted molar refractivity (Wildman–Crippen MR) is 103 cm³/mol. The van der Waals surface area contributed by atoms with Gasteiger partial charge in [0.15, 0.2) is 11.6 Å². The number of halogens is 2. The summed E-state index contributed by atoms with van der Waals surface area (Å²) < 4.78 is 29.8. The van der Waals surface area contributed by atoms with Crippen LogP contribution in [0.25, 0.3) is 33.0 Å². The average Bonchev–Trinajstić information content (AvgIpc) is 3.05. The molecule has 5 aromatic rings. The molecule has 2 aromatic carbocycles. The van der Waals surface area contributed by atoms with Gasteiger partial charge in [-0.1, -0.05) is 0 Å². The van der Waals surface area contributed by atoms with E-state index in [1.54, 1.807) is 6.20 Å². The fraction of sp³-hybridized carbons (Fsp3) is 0.143. The Hall–Kier alpha value is -3.48. The Morgan fingerprint density at radius 1 is 0.857 bits per heavy atom. The number of imidazole rings is 1. The van der Waals surface area contributed by atoms with Crippen LogP contribution in [0.1, 0.15) is 11.5 Å². The Balaban J connectivity index is 1.51. The van der Waals surface area contributed by atoms with Gasteiger partial charge >= 0.3 is 0 Å². The van der Waals surface area contributed by atoms with Crippen LogP contribution >= 0.6 is 0 Å². The lowest BCUT2D eigenvalue weighted by molar-refractivity contribution is 0.611. The lowest BCUT2D eigenvalue weighted by Crippen LogP contribution is -2.03. The molecule has 0 aliphatic heterocycles. The first-order chi connectivity index (χ1) is 13.6. The Labute approximate surface area is 158 Å². The molecule has 0 unspecified atom stereocenters. The lowest BCUT2D eigenvalue weighted by Gasteiger charge is -2.05. The van der Waals surface area contributed by atoms with Crippen molar-refractivity contribution >= 4 is 33.0 Å². The molecule has 0 bridgehead atoms. The molecule has 0 spiro atoms. The Morgan fingerprint density at radius 2 is 1.68 bits per heavy atom. The molecule has 0 radical (unpaired) electrons. The summed E-state index contributed by atoms with van der Waals surface area (Å²) >= 11 is 0. The summed E-state index contributed by atoms with van der Waals surface area (Å²) in [6, 6.07) is 10.0. The molecule has 0 saturated heterocycles. The molecule has 0 fully saturated rings. The first-order valence-corrected chi connectivity index (χ1v) is 8.90. The molecule has 3 aromatic heterocycles. The van der Waals surface area contributed by atoms with Crippen LogP contribution in [0, 0.1) is 11.6 Å². The molecular formula is C21H15F2N5. The SMILES string of the molecule is Cn1c(CCc2cnc3c(F)ccc(F)c3n2)nc2c3cccnc3ccc21. The van der Waals surface area contributed by atoms with Crippen molar-refractivity contribution in [2.45, 2.75) is 12.8 Å². The molecule has 0 N–H and O–H groups in total. The fourth-order valence-corrected chi connectivity index (χ4v) is 3.51. The van der Waals surface area contributed by atoms with E-state index in [0.29, 0.717) is 18.5 Å². The van der Waals surface area contributed by atoms with Gasteiger partial charge in [-0.05, 0) is 42.8 Å². The highest BCUT2D eigenvalue weighted by Crippen LogP contribution is 2.24. The van der Waals surface area contributed by atoms with Crippen LogP contribution in [0.3, 0.4) is 0 Å². The summed E-state index contributed by atoms with van der Waals surface area (Å²) in [5, 5.41) is 1.00. The van der Waals surface area contributed by atoms with Gasteiger partial charge in [0, 0.05) is 31.2 Å². The van der Waals surface area contributed by atoms with E-state index >= 15 is 0 Å². The maximum Gasteiger partial charge on any atom is 0.151 e. The quantitative estimate of drug-likeness (QED) is 0.476. The van der Waals surface area contributed by atoms with Crippen LogP contribution in [-0.2, 0) is 19.9 Å². The smallest absolute Gasteiger partial charge is 0.151 e. The molecule has 0 amide bonds. The van der Waals surface area contributed by atoms with E-state index in [2.05, 4.69) is 15.0 Å². The first-order valence-electron chi connectivity index (χ1n) is 8.90. The van der Waals surface area contributed by atoms with E-state index in [0.717, 1.165) is 39.9 Å². The number of nitrogens with zero attached hydrogens (tertiary/aromatic N) is 5. The zero-order valence-corrected chi connectivity index (χ0v) is 15.0. The second-order valence-corrected chi connectivity index (χ2v) is 6.68. The molecular weight excluding hydrogens is 360 g/mol. The van der Waals surface area contributed by atoms with Gasteiger partial charge in [-0.15, -0.1) is 0 Å². The standard InChI is InChI=1S/C21H15F2N5/c1-28-17-8-7-16-13(3-2-10-24-16)19(17)27-18(28)9-4-12-11-25-20-14(22)5-6-15(23)21(20)26-12/h2-3,5-8,10-11H,4,9H2,1H3. The van der Waals surface area contributed by atoms with Crippen LogP contribution < -0.4 is 0 Å². The van der Waals surface area contributed by atoms with E-state index in [1.165, 1.54) is 6.20 Å². The summed E-state index contributed by atoms with van der Waals surface area (Å²) in [7, 11) is 1.97. The minimum Gasteiger partial charge on any atom is -0.331 e. The first kappa shape index (κ1) is 16.7. The predicted octanol–water partition coefficient (Wildman–Crippen LogP) is 4.13. The fourth-order valence-electron chi connectivity index (χ4n) is 3.51. The van der Waals surface area contributed by atoms with E-state index in [9.17, 15) is 8.78 Å². The molecule has 0 atom stereocenters. The number of pyridine rings is 1. The summed E-state index contributed by atoms with van der Waals surface area (Å²) in [4.78, 5) is 17.5. The van der Waals surface area contributed by atoms with Gasteiger partial charge in [0.25, 0.3) is 0 Å². The Kier molecular flexibility index (Phi) is 3.75. The van der Waals surface area contributed by atoms with Gasteiger partial charge in [0.2, 0.25) is 0 Å². The summed E-state index contributed by atoms with van der Waals surface area (Å²) in [5.74, 6) is -0.272. The maximum atomic E-state index is 14.0. The van der Waals surface area contributed by atoms with Crippen LogP contribution in [-0.4, -0.2) is 24.5 Å². The van der Waals surface area contributed by atoms with Crippen molar-refractivity contribution in [1.29, 1.82) is 0 Å². The third kappa shape index (κ3) is 2.58. The highest BCUT2D eigenvalue weighted by molar-refractivity contribution is 6.02. The third-order valence-electron chi connectivity index (χ3n) is 4.98. The van der Waals surface area contributed by atoms with Crippen LogP contribution in [0.2, 0.25) is 0 Å². The summed E-state index contributed by atoms with van der Waals surface area (Å²) in [5.41, 5.74) is 3.33. The zero-order chi connectivity index (χ0) is 19.3. The van der Waals surface area contributed by atoms with Crippen LogP contribution in [0.15, 0.2) is 48.8 Å². The largest absolute Gasteiger partial charge is 0.331 e. The van der Waals surface area contributed by atoms with Crippen molar-refractivity contribution in [2.24, 2.45) is 7.05 Å². The van der Waals surface area contributed by atoms with E-state index in [1.807, 2.05) is 35.9 Å². The highest BCUT2D eigenvalue weighted by Gasteiger charge is 2.13. The topological polar surface area (TPSA) is 56.5 Å². The van der Waals surface area contributed by atoms with E-state index in [-0.39, 0.29) is 11.0 Å². The monoisotopic (exact) mass is 375 g/mol. The number of hydrogen-bond acceptors (Lipinski definition) is 4. The number of rotatable bonds is 3.